The van der Waals surface area contributed by atoms with Gasteiger partial charge in [0, 0.05) is 22.1 Å². The fraction of sp³-hybridized carbons (Fsp3) is 0.667. The average molecular weight is 260 g/mol. The fourth-order valence-electron chi connectivity index (χ4n) is 1.53. The summed E-state index contributed by atoms with van der Waals surface area (Å²) in [6.07, 6.45) is 0.444. The third-order valence-corrected chi connectivity index (χ3v) is 5.96. The lowest BCUT2D eigenvalue weighted by atomic mass is 10.1. The van der Waals surface area contributed by atoms with Gasteiger partial charge in [0.2, 0.25) is 0 Å². The lowest BCUT2D eigenvalue weighted by Gasteiger charge is -2.26. The maximum absolute atomic E-state index is 12.0. The number of ketones is 1. The third kappa shape index (κ3) is 2.95. The summed E-state index contributed by atoms with van der Waals surface area (Å²) in [7, 11) is 0. The summed E-state index contributed by atoms with van der Waals surface area (Å²) in [6.45, 7) is 2.14. The van der Waals surface area contributed by atoms with Gasteiger partial charge in [-0.05, 0) is 11.5 Å². The smallest absolute Gasteiger partial charge is 0.152 e. The van der Waals surface area contributed by atoms with Crippen LogP contribution in [0.15, 0.2) is 5.38 Å². The Morgan fingerprint density at radius 3 is 3.00 bits per heavy atom. The molecule has 0 spiro atoms. The molecule has 0 aromatic carbocycles. The molecule has 1 fully saturated rings. The molecule has 0 radical (unpaired) electrons. The zero-order valence-electron chi connectivity index (χ0n) is 8.38. The van der Waals surface area contributed by atoms with Gasteiger partial charge in [-0.25, -0.2) is 0 Å². The molecule has 3 nitrogen and oxygen atoms in total. The lowest BCUT2D eigenvalue weighted by molar-refractivity contribution is -0.117. The minimum Gasteiger partial charge on any atom is -0.298 e. The van der Waals surface area contributed by atoms with Crippen LogP contribution in [-0.4, -0.2) is 37.4 Å². The van der Waals surface area contributed by atoms with Gasteiger partial charge in [0.15, 0.2) is 5.78 Å². The maximum Gasteiger partial charge on any atom is 0.152 e. The van der Waals surface area contributed by atoms with Gasteiger partial charge in [-0.15, -0.1) is 16.9 Å². The molecular weight excluding hydrogens is 248 g/mol. The third-order valence-electron chi connectivity index (χ3n) is 2.27. The Morgan fingerprint density at radius 2 is 2.33 bits per heavy atom. The van der Waals surface area contributed by atoms with E-state index in [4.69, 9.17) is 0 Å². The first-order valence-electron chi connectivity index (χ1n) is 4.79. The van der Waals surface area contributed by atoms with E-state index in [0.29, 0.717) is 17.5 Å². The van der Waals surface area contributed by atoms with Crippen LogP contribution in [0.4, 0.5) is 0 Å². The molecule has 6 heteroatoms. The quantitative estimate of drug-likeness (QED) is 0.830. The Labute approximate surface area is 102 Å². The van der Waals surface area contributed by atoms with E-state index in [1.807, 2.05) is 17.1 Å². The average Bonchev–Trinajstić information content (AvgIpc) is 2.71. The molecule has 1 aliphatic heterocycles. The van der Waals surface area contributed by atoms with Crippen LogP contribution in [0.5, 0.6) is 0 Å². The standard InChI is InChI=1S/C9H12N2OS3/c1-6-9(14-3-2-13-6)8(12)4-7-5-15-11-10-7/h5-6,9H,2-4H2,1H3. The van der Waals surface area contributed by atoms with E-state index in [1.54, 1.807) is 11.8 Å². The van der Waals surface area contributed by atoms with Crippen LogP contribution in [0.25, 0.3) is 0 Å². The molecule has 1 aliphatic rings. The second-order valence-corrected chi connectivity index (χ2v) is 6.75. The van der Waals surface area contributed by atoms with Crippen LogP contribution in [-0.2, 0) is 11.2 Å². The molecule has 0 N–H and O–H groups in total. The first-order valence-corrected chi connectivity index (χ1v) is 7.72. The summed E-state index contributed by atoms with van der Waals surface area (Å²) < 4.78 is 3.77. The van der Waals surface area contributed by atoms with Gasteiger partial charge in [0.05, 0.1) is 17.4 Å². The highest BCUT2D eigenvalue weighted by molar-refractivity contribution is 8.07. The van der Waals surface area contributed by atoms with E-state index < -0.39 is 0 Å². The number of Topliss-reactive ketones (excluding diaryl/α,β-unsaturated/α-hetero) is 1. The molecule has 15 heavy (non-hydrogen) atoms. The number of hydrogen-bond acceptors (Lipinski definition) is 6. The molecule has 1 aromatic heterocycles. The molecule has 0 saturated carbocycles. The van der Waals surface area contributed by atoms with Gasteiger partial charge < -0.3 is 0 Å². The molecule has 1 aromatic rings. The van der Waals surface area contributed by atoms with Gasteiger partial charge in [-0.1, -0.05) is 11.4 Å². The van der Waals surface area contributed by atoms with Crippen LogP contribution < -0.4 is 0 Å². The molecule has 2 heterocycles. The lowest BCUT2D eigenvalue weighted by Crippen LogP contribution is -2.32. The summed E-state index contributed by atoms with van der Waals surface area (Å²) in [5.74, 6) is 2.54. The zero-order chi connectivity index (χ0) is 10.7. The van der Waals surface area contributed by atoms with Crippen molar-refractivity contribution in [2.24, 2.45) is 0 Å². The van der Waals surface area contributed by atoms with Crippen LogP contribution in [0.3, 0.4) is 0 Å². The number of nitrogens with zero attached hydrogens (tertiary/aromatic N) is 2. The number of carbonyl (C=O) groups is 1. The second kappa shape index (κ2) is 5.32. The SMILES string of the molecule is CC1SCCSC1C(=O)Cc1csnn1. The van der Waals surface area contributed by atoms with E-state index in [-0.39, 0.29) is 5.25 Å². The minimum absolute atomic E-state index is 0.144. The Kier molecular flexibility index (Phi) is 4.05. The molecule has 0 bridgehead atoms. The summed E-state index contributed by atoms with van der Waals surface area (Å²) in [5.41, 5.74) is 0.813. The van der Waals surface area contributed by atoms with Gasteiger partial charge in [0.1, 0.15) is 0 Å². The maximum atomic E-state index is 12.0. The first-order chi connectivity index (χ1) is 7.27. The van der Waals surface area contributed by atoms with Crippen molar-refractivity contribution >= 4 is 40.8 Å². The highest BCUT2D eigenvalue weighted by Gasteiger charge is 2.29. The minimum atomic E-state index is 0.144. The van der Waals surface area contributed by atoms with E-state index in [0.717, 1.165) is 17.2 Å². The van der Waals surface area contributed by atoms with E-state index >= 15 is 0 Å². The largest absolute Gasteiger partial charge is 0.298 e. The van der Waals surface area contributed by atoms with Crippen molar-refractivity contribution in [3.63, 3.8) is 0 Å². The molecule has 2 rings (SSSR count). The Bertz CT molecular complexity index is 328. The van der Waals surface area contributed by atoms with Crippen molar-refractivity contribution in [1.82, 2.24) is 9.59 Å². The number of rotatable bonds is 3. The monoisotopic (exact) mass is 260 g/mol. The van der Waals surface area contributed by atoms with Gasteiger partial charge in [-0.3, -0.25) is 4.79 Å². The molecule has 0 amide bonds. The van der Waals surface area contributed by atoms with Crippen molar-refractivity contribution in [3.8, 4) is 0 Å². The topological polar surface area (TPSA) is 42.9 Å². The van der Waals surface area contributed by atoms with Crippen molar-refractivity contribution in [3.05, 3.63) is 11.1 Å². The highest BCUT2D eigenvalue weighted by atomic mass is 32.2. The van der Waals surface area contributed by atoms with Gasteiger partial charge in [-0.2, -0.15) is 11.8 Å². The van der Waals surface area contributed by atoms with Gasteiger partial charge in [0.25, 0.3) is 0 Å². The van der Waals surface area contributed by atoms with Crippen molar-refractivity contribution in [2.75, 3.05) is 11.5 Å². The zero-order valence-corrected chi connectivity index (χ0v) is 10.8. The number of aromatic nitrogens is 2. The summed E-state index contributed by atoms with van der Waals surface area (Å²) >= 11 is 4.98. The van der Waals surface area contributed by atoms with Crippen LogP contribution in [0.2, 0.25) is 0 Å². The van der Waals surface area contributed by atoms with E-state index in [9.17, 15) is 4.79 Å². The predicted octanol–water partition coefficient (Wildman–Crippen LogP) is 1.89. The summed E-state index contributed by atoms with van der Waals surface area (Å²) in [6, 6.07) is 0. The summed E-state index contributed by atoms with van der Waals surface area (Å²) in [4.78, 5) is 12.0. The predicted molar refractivity (Wildman–Crippen MR) is 66.8 cm³/mol. The van der Waals surface area contributed by atoms with Crippen LogP contribution in [0.1, 0.15) is 12.6 Å². The number of thioether (sulfide) groups is 2. The number of carbonyl (C=O) groups excluding carboxylic acids is 1. The van der Waals surface area contributed by atoms with E-state index in [2.05, 4.69) is 16.5 Å². The Balaban J connectivity index is 1.95. The fourth-order valence-corrected chi connectivity index (χ4v) is 4.71. The van der Waals surface area contributed by atoms with Crippen LogP contribution >= 0.6 is 35.1 Å². The molecular formula is C9H12N2OS3. The Hall–Kier alpha value is -0.0700. The van der Waals surface area contributed by atoms with Crippen molar-refractivity contribution in [2.45, 2.75) is 23.8 Å². The molecule has 2 atom stereocenters. The van der Waals surface area contributed by atoms with Crippen molar-refractivity contribution < 1.29 is 4.79 Å². The molecule has 0 aliphatic carbocycles. The Morgan fingerprint density at radius 1 is 1.53 bits per heavy atom. The van der Waals surface area contributed by atoms with E-state index in [1.165, 1.54) is 11.5 Å². The molecule has 82 valence electrons. The first kappa shape index (κ1) is 11.4. The van der Waals surface area contributed by atoms with Crippen LogP contribution in [0, 0.1) is 0 Å². The summed E-state index contributed by atoms with van der Waals surface area (Å²) in [5, 5.41) is 6.34. The van der Waals surface area contributed by atoms with Crippen molar-refractivity contribution in [1.29, 1.82) is 0 Å². The van der Waals surface area contributed by atoms with Gasteiger partial charge >= 0.3 is 0 Å². The highest BCUT2D eigenvalue weighted by Crippen LogP contribution is 2.32. The number of hydrogen-bond donors (Lipinski definition) is 0. The molecule has 1 saturated heterocycles. The normalized spacial score (nSPS) is 26.5. The molecule has 2 unspecified atom stereocenters. The second-order valence-electron chi connectivity index (χ2n) is 3.41.